The number of benzene rings is 2. The van der Waals surface area contributed by atoms with E-state index >= 15 is 0 Å². The van der Waals surface area contributed by atoms with Gasteiger partial charge in [0.1, 0.15) is 11.5 Å². The first-order chi connectivity index (χ1) is 12.0. The molecule has 2 aromatic rings. The fourth-order valence-corrected chi connectivity index (χ4v) is 2.44. The summed E-state index contributed by atoms with van der Waals surface area (Å²) in [5, 5.41) is 11.9. The van der Waals surface area contributed by atoms with Gasteiger partial charge in [-0.05, 0) is 35.4 Å². The number of hydrogen-bond acceptors (Lipinski definition) is 4. The third-order valence-electron chi connectivity index (χ3n) is 3.76. The molecule has 1 atom stereocenters. The van der Waals surface area contributed by atoms with Gasteiger partial charge in [-0.15, -0.1) is 0 Å². The Balaban J connectivity index is 2.06. The number of nitrogens with one attached hydrogen (secondary N) is 1. The Morgan fingerprint density at radius 1 is 0.960 bits per heavy atom. The second-order valence-corrected chi connectivity index (χ2v) is 5.52. The van der Waals surface area contributed by atoms with Gasteiger partial charge in [-0.3, -0.25) is 9.59 Å². The normalized spacial score (nSPS) is 11.4. The van der Waals surface area contributed by atoms with Crippen molar-refractivity contribution in [2.24, 2.45) is 0 Å². The molecule has 0 aliphatic rings. The predicted molar refractivity (Wildman–Crippen MR) is 92.8 cm³/mol. The highest BCUT2D eigenvalue weighted by Gasteiger charge is 2.18. The quantitative estimate of drug-likeness (QED) is 0.769. The largest absolute Gasteiger partial charge is 0.497 e. The molecule has 0 spiro atoms. The fourth-order valence-electron chi connectivity index (χ4n) is 2.44. The van der Waals surface area contributed by atoms with E-state index in [0.717, 1.165) is 5.56 Å². The lowest BCUT2D eigenvalue weighted by Gasteiger charge is -2.18. The van der Waals surface area contributed by atoms with Crippen molar-refractivity contribution in [3.63, 3.8) is 0 Å². The monoisotopic (exact) mass is 343 g/mol. The summed E-state index contributed by atoms with van der Waals surface area (Å²) >= 11 is 0. The smallest absolute Gasteiger partial charge is 0.305 e. The van der Waals surface area contributed by atoms with Gasteiger partial charge in [-0.25, -0.2) is 0 Å². The maximum Gasteiger partial charge on any atom is 0.305 e. The van der Waals surface area contributed by atoms with Gasteiger partial charge in [0.25, 0.3) is 0 Å². The molecule has 1 amide bonds. The summed E-state index contributed by atoms with van der Waals surface area (Å²) in [6, 6.07) is 13.5. The molecule has 0 aliphatic carbocycles. The second kappa shape index (κ2) is 8.73. The third-order valence-corrected chi connectivity index (χ3v) is 3.76. The van der Waals surface area contributed by atoms with Crippen molar-refractivity contribution in [3.05, 3.63) is 59.7 Å². The SMILES string of the molecule is COc1ccc(CC(=O)N[C@H](CC(=O)O)c2ccc(OC)cc2)cc1. The lowest BCUT2D eigenvalue weighted by atomic mass is 10.0. The van der Waals surface area contributed by atoms with E-state index in [0.29, 0.717) is 17.1 Å². The Bertz CT molecular complexity index is 710. The molecule has 0 saturated heterocycles. The van der Waals surface area contributed by atoms with Crippen LogP contribution in [0.4, 0.5) is 0 Å². The molecule has 0 aliphatic heterocycles. The van der Waals surface area contributed by atoms with E-state index in [4.69, 9.17) is 14.6 Å². The van der Waals surface area contributed by atoms with Gasteiger partial charge in [0, 0.05) is 0 Å². The van der Waals surface area contributed by atoms with E-state index in [-0.39, 0.29) is 18.7 Å². The van der Waals surface area contributed by atoms with Crippen LogP contribution in [0.15, 0.2) is 48.5 Å². The Labute approximate surface area is 146 Å². The maximum atomic E-state index is 12.3. The van der Waals surface area contributed by atoms with Crippen LogP contribution in [0.3, 0.4) is 0 Å². The van der Waals surface area contributed by atoms with Gasteiger partial charge in [-0.1, -0.05) is 24.3 Å². The van der Waals surface area contributed by atoms with Crippen LogP contribution in [0.2, 0.25) is 0 Å². The van der Waals surface area contributed by atoms with Crippen molar-refractivity contribution in [2.75, 3.05) is 14.2 Å². The van der Waals surface area contributed by atoms with Crippen LogP contribution in [-0.4, -0.2) is 31.2 Å². The molecule has 132 valence electrons. The van der Waals surface area contributed by atoms with Crippen molar-refractivity contribution >= 4 is 11.9 Å². The summed E-state index contributed by atoms with van der Waals surface area (Å²) in [7, 11) is 3.13. The number of aliphatic carboxylic acids is 1. The predicted octanol–water partition coefficient (Wildman–Crippen LogP) is 2.58. The summed E-state index contributed by atoms with van der Waals surface area (Å²) in [5.41, 5.74) is 1.54. The van der Waals surface area contributed by atoms with E-state index in [9.17, 15) is 9.59 Å². The molecule has 2 aromatic carbocycles. The van der Waals surface area contributed by atoms with Gasteiger partial charge in [0.05, 0.1) is 33.1 Å². The lowest BCUT2D eigenvalue weighted by molar-refractivity contribution is -0.137. The van der Waals surface area contributed by atoms with Crippen molar-refractivity contribution < 1.29 is 24.2 Å². The zero-order valence-electron chi connectivity index (χ0n) is 14.2. The van der Waals surface area contributed by atoms with Crippen LogP contribution in [0, 0.1) is 0 Å². The summed E-state index contributed by atoms with van der Waals surface area (Å²) in [6.07, 6.45) is -0.0308. The number of carbonyl (C=O) groups excluding carboxylic acids is 1. The van der Waals surface area contributed by atoms with Crippen molar-refractivity contribution in [2.45, 2.75) is 18.9 Å². The zero-order valence-corrected chi connectivity index (χ0v) is 14.2. The summed E-state index contributed by atoms with van der Waals surface area (Å²) < 4.78 is 10.2. The zero-order chi connectivity index (χ0) is 18.2. The fraction of sp³-hybridized carbons (Fsp3) is 0.263. The summed E-state index contributed by atoms with van der Waals surface area (Å²) in [4.78, 5) is 23.4. The molecule has 0 bridgehead atoms. The minimum absolute atomic E-state index is 0.163. The Morgan fingerprint density at radius 3 is 1.96 bits per heavy atom. The van der Waals surface area contributed by atoms with Gasteiger partial charge in [0.15, 0.2) is 0 Å². The maximum absolute atomic E-state index is 12.3. The highest BCUT2D eigenvalue weighted by Crippen LogP contribution is 2.21. The standard InChI is InChI=1S/C19H21NO5/c1-24-15-7-3-13(4-8-15)11-18(21)20-17(12-19(22)23)14-5-9-16(25-2)10-6-14/h3-10,17H,11-12H2,1-2H3,(H,20,21)(H,22,23)/t17-/m1/s1. The van der Waals surface area contributed by atoms with Crippen molar-refractivity contribution in [3.8, 4) is 11.5 Å². The first-order valence-electron chi connectivity index (χ1n) is 7.80. The molecule has 25 heavy (non-hydrogen) atoms. The molecule has 6 heteroatoms. The van der Waals surface area contributed by atoms with E-state index in [1.54, 1.807) is 62.8 Å². The van der Waals surface area contributed by atoms with Gasteiger partial charge in [-0.2, -0.15) is 0 Å². The van der Waals surface area contributed by atoms with Gasteiger partial charge < -0.3 is 19.9 Å². The number of amides is 1. The minimum Gasteiger partial charge on any atom is -0.497 e. The second-order valence-electron chi connectivity index (χ2n) is 5.52. The third kappa shape index (κ3) is 5.53. The summed E-state index contributed by atoms with van der Waals surface area (Å²) in [6.45, 7) is 0. The average molecular weight is 343 g/mol. The first kappa shape index (κ1) is 18.3. The number of carbonyl (C=O) groups is 2. The van der Waals surface area contributed by atoms with Crippen molar-refractivity contribution in [1.29, 1.82) is 0 Å². The number of rotatable bonds is 8. The summed E-state index contributed by atoms with van der Waals surface area (Å²) in [5.74, 6) is 0.159. The van der Waals surface area contributed by atoms with Gasteiger partial charge >= 0.3 is 5.97 Å². The van der Waals surface area contributed by atoms with Crippen LogP contribution in [-0.2, 0) is 16.0 Å². The van der Waals surface area contributed by atoms with E-state index < -0.39 is 12.0 Å². The Hall–Kier alpha value is -3.02. The van der Waals surface area contributed by atoms with E-state index in [1.165, 1.54) is 0 Å². The molecule has 0 radical (unpaired) electrons. The number of ether oxygens (including phenoxy) is 2. The molecule has 0 heterocycles. The average Bonchev–Trinajstić information content (AvgIpc) is 2.61. The van der Waals surface area contributed by atoms with Crippen LogP contribution >= 0.6 is 0 Å². The molecule has 2 rings (SSSR count). The lowest BCUT2D eigenvalue weighted by Crippen LogP contribution is -2.31. The van der Waals surface area contributed by atoms with Crippen LogP contribution in [0.1, 0.15) is 23.6 Å². The van der Waals surface area contributed by atoms with E-state index in [1.807, 2.05) is 0 Å². The first-order valence-corrected chi connectivity index (χ1v) is 7.80. The molecular weight excluding hydrogens is 322 g/mol. The molecule has 0 unspecified atom stereocenters. The molecule has 0 aromatic heterocycles. The number of hydrogen-bond donors (Lipinski definition) is 2. The number of methoxy groups -OCH3 is 2. The molecule has 0 fully saturated rings. The number of carboxylic acid groups (broad SMARTS) is 1. The molecule has 2 N–H and O–H groups in total. The highest BCUT2D eigenvalue weighted by atomic mass is 16.5. The van der Waals surface area contributed by atoms with Crippen molar-refractivity contribution in [1.82, 2.24) is 5.32 Å². The van der Waals surface area contributed by atoms with Crippen LogP contribution < -0.4 is 14.8 Å². The minimum atomic E-state index is -0.981. The van der Waals surface area contributed by atoms with Gasteiger partial charge in [0.2, 0.25) is 5.91 Å². The number of carboxylic acids is 1. The molecular formula is C19H21NO5. The Morgan fingerprint density at radius 2 is 1.48 bits per heavy atom. The Kier molecular flexibility index (Phi) is 6.39. The topological polar surface area (TPSA) is 84.9 Å². The molecule has 0 saturated carbocycles. The molecule has 6 nitrogen and oxygen atoms in total. The van der Waals surface area contributed by atoms with Crippen LogP contribution in [0.25, 0.3) is 0 Å². The van der Waals surface area contributed by atoms with Crippen LogP contribution in [0.5, 0.6) is 11.5 Å². The van der Waals surface area contributed by atoms with E-state index in [2.05, 4.69) is 5.32 Å². The highest BCUT2D eigenvalue weighted by molar-refractivity contribution is 5.80.